The molecular formula is C19H12N2O. The third kappa shape index (κ3) is 1.35. The number of carbonyl (C=O) groups is 1. The lowest BCUT2D eigenvalue weighted by Gasteiger charge is -2.21. The van der Waals surface area contributed by atoms with Crippen LogP contribution in [-0.2, 0) is 4.79 Å². The van der Waals surface area contributed by atoms with Gasteiger partial charge in [0.15, 0.2) is 0 Å². The van der Waals surface area contributed by atoms with Gasteiger partial charge in [-0.3, -0.25) is 4.79 Å². The Morgan fingerprint density at radius 3 is 2.64 bits per heavy atom. The zero-order valence-corrected chi connectivity index (χ0v) is 11.7. The molecule has 2 heterocycles. The van der Waals surface area contributed by atoms with Crippen molar-refractivity contribution in [1.29, 1.82) is 0 Å². The molecule has 22 heavy (non-hydrogen) atoms. The van der Waals surface area contributed by atoms with Crippen LogP contribution >= 0.6 is 0 Å². The lowest BCUT2D eigenvalue weighted by molar-refractivity contribution is -0.104. The third-order valence-electron chi connectivity index (χ3n) is 4.54. The van der Waals surface area contributed by atoms with E-state index in [2.05, 4.69) is 17.5 Å². The predicted molar refractivity (Wildman–Crippen MR) is 88.4 cm³/mol. The molecule has 1 N–H and O–H groups in total. The van der Waals surface area contributed by atoms with Crippen molar-refractivity contribution in [3.8, 4) is 0 Å². The molecule has 2 aromatic carbocycles. The number of hydrogen-bond donors (Lipinski definition) is 1. The molecule has 1 unspecified atom stereocenters. The van der Waals surface area contributed by atoms with Crippen LogP contribution in [0.1, 0.15) is 11.1 Å². The second-order valence-corrected chi connectivity index (χ2v) is 5.68. The van der Waals surface area contributed by atoms with Crippen LogP contribution in [0, 0.1) is 0 Å². The van der Waals surface area contributed by atoms with Gasteiger partial charge in [-0.15, -0.1) is 0 Å². The summed E-state index contributed by atoms with van der Waals surface area (Å²) in [6.45, 7) is 0. The zero-order chi connectivity index (χ0) is 14.7. The summed E-state index contributed by atoms with van der Waals surface area (Å²) < 4.78 is 0. The lowest BCUT2D eigenvalue weighted by Crippen LogP contribution is -2.25. The first-order valence-electron chi connectivity index (χ1n) is 7.32. The quantitative estimate of drug-likeness (QED) is 0.813. The van der Waals surface area contributed by atoms with Crippen molar-refractivity contribution in [2.75, 3.05) is 5.32 Å². The number of aliphatic imine (C=N–C) groups is 1. The number of aldehydes is 1. The normalized spacial score (nSPS) is 20.3. The van der Waals surface area contributed by atoms with Crippen molar-refractivity contribution in [3.63, 3.8) is 0 Å². The molecule has 0 saturated heterocycles. The van der Waals surface area contributed by atoms with Crippen molar-refractivity contribution in [2.24, 2.45) is 4.99 Å². The number of para-hydroxylation sites is 2. The monoisotopic (exact) mass is 284 g/mol. The predicted octanol–water partition coefficient (Wildman–Crippen LogP) is 3.62. The second-order valence-electron chi connectivity index (χ2n) is 5.68. The van der Waals surface area contributed by atoms with Crippen molar-refractivity contribution < 1.29 is 4.79 Å². The first-order valence-corrected chi connectivity index (χ1v) is 7.32. The Bertz CT molecular complexity index is 934. The highest BCUT2D eigenvalue weighted by Crippen LogP contribution is 2.46. The van der Waals surface area contributed by atoms with Crippen molar-refractivity contribution in [1.82, 2.24) is 0 Å². The Kier molecular flexibility index (Phi) is 2.15. The molecule has 0 aromatic heterocycles. The number of anilines is 1. The topological polar surface area (TPSA) is 41.5 Å². The first-order chi connectivity index (χ1) is 10.9. The highest BCUT2D eigenvalue weighted by molar-refractivity contribution is 6.40. The maximum Gasteiger partial charge on any atom is 0.149 e. The minimum Gasteiger partial charge on any atom is -0.373 e. The molecule has 0 amide bonds. The van der Waals surface area contributed by atoms with E-state index < -0.39 is 0 Å². The van der Waals surface area contributed by atoms with Crippen LogP contribution in [0.2, 0.25) is 0 Å². The molecule has 0 fully saturated rings. The van der Waals surface area contributed by atoms with E-state index in [-0.39, 0.29) is 6.04 Å². The summed E-state index contributed by atoms with van der Waals surface area (Å²) in [5.41, 5.74) is 8.00. The van der Waals surface area contributed by atoms with Crippen molar-refractivity contribution in [3.05, 3.63) is 71.3 Å². The number of hydrogen-bond acceptors (Lipinski definition) is 3. The molecule has 2 aromatic rings. The molecule has 1 aliphatic carbocycles. The van der Waals surface area contributed by atoms with Gasteiger partial charge in [0, 0.05) is 28.0 Å². The summed E-state index contributed by atoms with van der Waals surface area (Å²) in [5.74, 6) is 0. The summed E-state index contributed by atoms with van der Waals surface area (Å²) in [4.78, 5) is 16.5. The van der Waals surface area contributed by atoms with E-state index in [0.29, 0.717) is 0 Å². The van der Waals surface area contributed by atoms with Gasteiger partial charge in [0.1, 0.15) is 6.29 Å². The Balaban J connectivity index is 1.79. The molecule has 2 aliphatic heterocycles. The van der Waals surface area contributed by atoms with Gasteiger partial charge < -0.3 is 5.32 Å². The van der Waals surface area contributed by atoms with Crippen LogP contribution < -0.4 is 5.32 Å². The summed E-state index contributed by atoms with van der Waals surface area (Å²) in [7, 11) is 0. The molecule has 0 saturated carbocycles. The summed E-state index contributed by atoms with van der Waals surface area (Å²) in [6.07, 6.45) is 3.09. The van der Waals surface area contributed by atoms with Gasteiger partial charge in [-0.2, -0.15) is 0 Å². The van der Waals surface area contributed by atoms with E-state index in [0.717, 1.165) is 51.2 Å². The van der Waals surface area contributed by atoms with Crippen LogP contribution in [0.25, 0.3) is 11.1 Å². The van der Waals surface area contributed by atoms with Gasteiger partial charge in [-0.25, -0.2) is 4.99 Å². The number of allylic oxidation sites excluding steroid dienone is 2. The highest BCUT2D eigenvalue weighted by atomic mass is 16.1. The zero-order valence-electron chi connectivity index (χ0n) is 11.7. The molecule has 0 radical (unpaired) electrons. The average Bonchev–Trinajstić information content (AvgIpc) is 3.11. The van der Waals surface area contributed by atoms with E-state index in [1.54, 1.807) is 0 Å². The van der Waals surface area contributed by atoms with E-state index >= 15 is 0 Å². The van der Waals surface area contributed by atoms with Gasteiger partial charge in [0.05, 0.1) is 17.4 Å². The second kappa shape index (κ2) is 4.04. The van der Waals surface area contributed by atoms with Crippen LogP contribution in [-0.4, -0.2) is 18.0 Å². The molecule has 5 rings (SSSR count). The van der Waals surface area contributed by atoms with E-state index in [4.69, 9.17) is 4.99 Å². The van der Waals surface area contributed by atoms with Crippen LogP contribution in [0.15, 0.2) is 65.2 Å². The fourth-order valence-corrected chi connectivity index (χ4v) is 3.59. The largest absolute Gasteiger partial charge is 0.373 e. The first kappa shape index (κ1) is 11.7. The fourth-order valence-electron chi connectivity index (χ4n) is 3.59. The maximum atomic E-state index is 11.8. The number of nitrogens with one attached hydrogen (secondary N) is 1. The number of carbonyl (C=O) groups excluding carboxylic acids is 1. The Morgan fingerprint density at radius 1 is 1.00 bits per heavy atom. The molecule has 3 heteroatoms. The number of benzene rings is 2. The van der Waals surface area contributed by atoms with E-state index in [1.165, 1.54) is 0 Å². The lowest BCUT2D eigenvalue weighted by atomic mass is 9.84. The Hall–Kier alpha value is -2.94. The minimum absolute atomic E-state index is 0.0741. The van der Waals surface area contributed by atoms with E-state index in [9.17, 15) is 4.79 Å². The summed E-state index contributed by atoms with van der Waals surface area (Å²) in [6, 6.07) is 16.1. The van der Waals surface area contributed by atoms with Gasteiger partial charge in [0.25, 0.3) is 0 Å². The van der Waals surface area contributed by atoms with Gasteiger partial charge in [-0.1, -0.05) is 36.4 Å². The molecule has 3 aliphatic rings. The van der Waals surface area contributed by atoms with Gasteiger partial charge in [0.2, 0.25) is 0 Å². The third-order valence-corrected chi connectivity index (χ3v) is 4.54. The molecule has 0 spiro atoms. The van der Waals surface area contributed by atoms with Gasteiger partial charge in [-0.05, 0) is 23.8 Å². The Labute approximate surface area is 127 Å². The molecular weight excluding hydrogens is 272 g/mol. The number of fused-ring (bicyclic) bond motifs is 6. The molecule has 1 atom stereocenters. The average molecular weight is 284 g/mol. The highest BCUT2D eigenvalue weighted by Gasteiger charge is 2.37. The van der Waals surface area contributed by atoms with Crippen molar-refractivity contribution >= 4 is 34.5 Å². The molecule has 3 nitrogen and oxygen atoms in total. The summed E-state index contributed by atoms with van der Waals surface area (Å²) >= 11 is 0. The standard InChI is InChI=1S/C19H12N2O/c22-10-14-18-12-6-2-4-8-16(12)20-17(18)9-13-11-5-1-3-7-15(11)21-19(13)14/h1-10,19,21H. The van der Waals surface area contributed by atoms with Crippen LogP contribution in [0.3, 0.4) is 0 Å². The van der Waals surface area contributed by atoms with Crippen LogP contribution in [0.4, 0.5) is 11.4 Å². The number of rotatable bonds is 1. The van der Waals surface area contributed by atoms with Crippen molar-refractivity contribution in [2.45, 2.75) is 6.04 Å². The van der Waals surface area contributed by atoms with Crippen LogP contribution in [0.5, 0.6) is 0 Å². The maximum absolute atomic E-state index is 11.8. The Morgan fingerprint density at radius 2 is 1.77 bits per heavy atom. The molecule has 0 bridgehead atoms. The van der Waals surface area contributed by atoms with E-state index in [1.807, 2.05) is 42.5 Å². The summed E-state index contributed by atoms with van der Waals surface area (Å²) in [5, 5.41) is 3.47. The van der Waals surface area contributed by atoms with Gasteiger partial charge >= 0.3 is 0 Å². The fraction of sp³-hybridized carbons (Fsp3) is 0.0526. The minimum atomic E-state index is -0.0741. The SMILES string of the molecule is O=CC1=C2C(=Nc3ccccc32)C=C2c3ccccc3NC21. The smallest absolute Gasteiger partial charge is 0.149 e. The number of nitrogens with zero attached hydrogens (tertiary/aromatic N) is 1. The molecule has 104 valence electrons.